The molecule has 1 amide bonds. The second kappa shape index (κ2) is 12.8. The van der Waals surface area contributed by atoms with Gasteiger partial charge in [-0.05, 0) is 30.7 Å². The van der Waals surface area contributed by atoms with E-state index in [1.54, 1.807) is 29.2 Å². The van der Waals surface area contributed by atoms with Crippen LogP contribution >= 0.6 is 15.9 Å². The first kappa shape index (κ1) is 25.3. The summed E-state index contributed by atoms with van der Waals surface area (Å²) >= 11 is 3.44. The zero-order valence-electron chi connectivity index (χ0n) is 19.1. The highest BCUT2D eigenvalue weighted by molar-refractivity contribution is 9.10. The molecule has 0 saturated heterocycles. The van der Waals surface area contributed by atoms with Crippen molar-refractivity contribution in [1.82, 2.24) is 15.2 Å². The van der Waals surface area contributed by atoms with E-state index in [4.69, 9.17) is 0 Å². The van der Waals surface area contributed by atoms with E-state index >= 15 is 0 Å². The molecule has 0 radical (unpaired) electrons. The average Bonchev–Trinajstić information content (AvgIpc) is 3.26. The number of hydrazone groups is 1. The number of hydrogen-bond acceptors (Lipinski definition) is 5. The maximum absolute atomic E-state index is 12.1. The predicted octanol–water partition coefficient (Wildman–Crippen LogP) is 6.41. The second-order valence-corrected chi connectivity index (χ2v) is 8.88. The number of benzene rings is 2. The number of nitro groups is 1. The Morgan fingerprint density at radius 3 is 2.44 bits per heavy atom. The summed E-state index contributed by atoms with van der Waals surface area (Å²) in [6, 6.07) is 13.9. The highest BCUT2D eigenvalue weighted by atomic mass is 79.9. The van der Waals surface area contributed by atoms with Crippen molar-refractivity contribution in [1.29, 1.82) is 0 Å². The number of rotatable bonds is 12. The Hall–Kier alpha value is -3.33. The number of carbonyl (C=O) groups excluding carboxylic acids is 1. The van der Waals surface area contributed by atoms with Crippen molar-refractivity contribution >= 4 is 33.7 Å². The molecule has 0 bridgehead atoms. The van der Waals surface area contributed by atoms with Crippen LogP contribution in [0.4, 0.5) is 5.69 Å². The van der Waals surface area contributed by atoms with Gasteiger partial charge in [-0.1, -0.05) is 67.1 Å². The lowest BCUT2D eigenvalue weighted by atomic mass is 10.1. The quantitative estimate of drug-likeness (QED) is 0.127. The van der Waals surface area contributed by atoms with Gasteiger partial charge in [-0.3, -0.25) is 14.9 Å². The average molecular weight is 526 g/mol. The van der Waals surface area contributed by atoms with Crippen LogP contribution < -0.4 is 5.43 Å². The first-order valence-corrected chi connectivity index (χ1v) is 12.2. The molecule has 1 aromatic heterocycles. The minimum atomic E-state index is -0.438. The van der Waals surface area contributed by atoms with Crippen molar-refractivity contribution in [3.05, 3.63) is 74.9 Å². The molecule has 0 saturated carbocycles. The van der Waals surface area contributed by atoms with Gasteiger partial charge in [0, 0.05) is 40.4 Å². The maximum atomic E-state index is 12.1. The second-order valence-electron chi connectivity index (χ2n) is 7.97. The molecule has 0 aliphatic rings. The van der Waals surface area contributed by atoms with Crippen LogP contribution in [0.15, 0.2) is 64.3 Å². The van der Waals surface area contributed by atoms with E-state index < -0.39 is 4.92 Å². The third kappa shape index (κ3) is 7.34. The Labute approximate surface area is 207 Å². The van der Waals surface area contributed by atoms with Crippen LogP contribution in [0.5, 0.6) is 0 Å². The summed E-state index contributed by atoms with van der Waals surface area (Å²) in [5.41, 5.74) is 5.56. The SMILES string of the molecule is CCCCCCCCC(=O)NN=Cc1cn(-c2ccc([N+](=O)[O-])cc2)nc1-c1ccc(Br)cc1. The van der Waals surface area contributed by atoms with Crippen molar-refractivity contribution in [3.8, 4) is 16.9 Å². The number of nitro benzene ring substituents is 1. The van der Waals surface area contributed by atoms with Crippen LogP contribution in [0.3, 0.4) is 0 Å². The molecular formula is C25H28BrN5O3. The van der Waals surface area contributed by atoms with Gasteiger partial charge in [0.25, 0.3) is 5.69 Å². The van der Waals surface area contributed by atoms with E-state index in [0.29, 0.717) is 23.4 Å². The molecule has 0 aliphatic carbocycles. The van der Waals surface area contributed by atoms with Crippen molar-refractivity contribution in [3.63, 3.8) is 0 Å². The van der Waals surface area contributed by atoms with Gasteiger partial charge in [0.1, 0.15) is 5.69 Å². The molecule has 1 N–H and O–H groups in total. The molecule has 3 aromatic rings. The molecule has 178 valence electrons. The molecular weight excluding hydrogens is 498 g/mol. The number of halogens is 1. The highest BCUT2D eigenvalue weighted by Gasteiger charge is 2.13. The Morgan fingerprint density at radius 1 is 1.09 bits per heavy atom. The van der Waals surface area contributed by atoms with Gasteiger partial charge in [0.15, 0.2) is 0 Å². The van der Waals surface area contributed by atoms with Crippen molar-refractivity contribution in [2.45, 2.75) is 51.9 Å². The summed E-state index contributed by atoms with van der Waals surface area (Å²) in [4.78, 5) is 22.6. The fourth-order valence-corrected chi connectivity index (χ4v) is 3.73. The first-order chi connectivity index (χ1) is 16.5. The van der Waals surface area contributed by atoms with Crippen molar-refractivity contribution in [2.75, 3.05) is 0 Å². The predicted molar refractivity (Wildman–Crippen MR) is 137 cm³/mol. The van der Waals surface area contributed by atoms with Gasteiger partial charge in [-0.2, -0.15) is 10.2 Å². The van der Waals surface area contributed by atoms with Gasteiger partial charge in [0.2, 0.25) is 5.91 Å². The lowest BCUT2D eigenvalue weighted by Gasteiger charge is -2.01. The Morgan fingerprint density at radius 2 is 1.76 bits per heavy atom. The summed E-state index contributed by atoms with van der Waals surface area (Å²) in [5.74, 6) is -0.111. The van der Waals surface area contributed by atoms with E-state index in [1.807, 2.05) is 24.3 Å². The molecule has 0 unspecified atom stereocenters. The lowest BCUT2D eigenvalue weighted by Crippen LogP contribution is -2.16. The molecule has 0 spiro atoms. The largest absolute Gasteiger partial charge is 0.273 e. The topological polar surface area (TPSA) is 102 Å². The lowest BCUT2D eigenvalue weighted by molar-refractivity contribution is -0.384. The molecule has 1 heterocycles. The van der Waals surface area contributed by atoms with Gasteiger partial charge in [-0.15, -0.1) is 0 Å². The molecule has 3 rings (SSSR count). The van der Waals surface area contributed by atoms with Crippen LogP contribution in [-0.4, -0.2) is 26.8 Å². The minimum absolute atomic E-state index is 0.0129. The minimum Gasteiger partial charge on any atom is -0.273 e. The van der Waals surface area contributed by atoms with Crippen LogP contribution in [-0.2, 0) is 4.79 Å². The van der Waals surface area contributed by atoms with Gasteiger partial charge < -0.3 is 0 Å². The van der Waals surface area contributed by atoms with E-state index in [0.717, 1.165) is 29.3 Å². The number of non-ortho nitro benzene ring substituents is 1. The summed E-state index contributed by atoms with van der Waals surface area (Å²) in [6.07, 6.45) is 10.5. The maximum Gasteiger partial charge on any atom is 0.269 e. The van der Waals surface area contributed by atoms with Gasteiger partial charge in [-0.25, -0.2) is 10.1 Å². The van der Waals surface area contributed by atoms with Crippen LogP contribution in [0.2, 0.25) is 0 Å². The molecule has 34 heavy (non-hydrogen) atoms. The monoisotopic (exact) mass is 525 g/mol. The van der Waals surface area contributed by atoms with E-state index in [2.05, 4.69) is 38.5 Å². The van der Waals surface area contributed by atoms with Crippen molar-refractivity contribution in [2.24, 2.45) is 5.10 Å². The molecule has 8 nitrogen and oxygen atoms in total. The first-order valence-electron chi connectivity index (χ1n) is 11.4. The van der Waals surface area contributed by atoms with Gasteiger partial charge >= 0.3 is 0 Å². The number of nitrogens with zero attached hydrogens (tertiary/aromatic N) is 4. The Kier molecular flexibility index (Phi) is 9.51. The molecule has 9 heteroatoms. The molecule has 2 aromatic carbocycles. The zero-order chi connectivity index (χ0) is 24.3. The fraction of sp³-hybridized carbons (Fsp3) is 0.320. The normalized spacial score (nSPS) is 11.1. The van der Waals surface area contributed by atoms with Gasteiger partial charge in [0.05, 0.1) is 16.8 Å². The Bertz CT molecular complexity index is 1120. The van der Waals surface area contributed by atoms with Crippen molar-refractivity contribution < 1.29 is 9.72 Å². The molecule has 0 aliphatic heterocycles. The number of amides is 1. The number of aromatic nitrogens is 2. The summed E-state index contributed by atoms with van der Waals surface area (Å²) < 4.78 is 2.59. The van der Waals surface area contributed by atoms with Crippen LogP contribution in [0.25, 0.3) is 16.9 Å². The summed E-state index contributed by atoms with van der Waals surface area (Å²) in [6.45, 7) is 2.18. The Balaban J connectivity index is 1.72. The number of nitrogens with one attached hydrogen (secondary N) is 1. The molecule has 0 fully saturated rings. The molecule has 0 atom stereocenters. The standard InChI is InChI=1S/C25H28BrN5O3/c1-2-3-4-5-6-7-8-24(32)28-27-17-20-18-30(22-13-15-23(16-14-22)31(33)34)29-25(20)19-9-11-21(26)12-10-19/h9-18H,2-8H2,1H3,(H,28,32). The highest BCUT2D eigenvalue weighted by Crippen LogP contribution is 2.25. The van der Waals surface area contributed by atoms with Crippen LogP contribution in [0.1, 0.15) is 57.4 Å². The zero-order valence-corrected chi connectivity index (χ0v) is 20.7. The number of carbonyl (C=O) groups is 1. The number of unbranched alkanes of at least 4 members (excludes halogenated alkanes) is 5. The third-order valence-electron chi connectivity index (χ3n) is 5.34. The number of hydrogen-bond donors (Lipinski definition) is 1. The smallest absolute Gasteiger partial charge is 0.269 e. The summed E-state index contributed by atoms with van der Waals surface area (Å²) in [7, 11) is 0. The third-order valence-corrected chi connectivity index (χ3v) is 5.86. The van der Waals surface area contributed by atoms with E-state index in [9.17, 15) is 14.9 Å². The van der Waals surface area contributed by atoms with E-state index in [-0.39, 0.29) is 11.6 Å². The van der Waals surface area contributed by atoms with E-state index in [1.165, 1.54) is 31.4 Å². The van der Waals surface area contributed by atoms with Crippen LogP contribution in [0, 0.1) is 10.1 Å². The fourth-order valence-electron chi connectivity index (χ4n) is 3.47. The summed E-state index contributed by atoms with van der Waals surface area (Å²) in [5, 5.41) is 19.8.